The predicted molar refractivity (Wildman–Crippen MR) is 121 cm³/mol. The molecule has 0 radical (unpaired) electrons. The fourth-order valence-electron chi connectivity index (χ4n) is 4.60. The molecule has 1 aliphatic rings. The summed E-state index contributed by atoms with van der Waals surface area (Å²) in [7, 11) is 0. The number of nitrogens with zero attached hydrogens (tertiary/aromatic N) is 2. The molecule has 3 rings (SSSR count). The van der Waals surface area contributed by atoms with E-state index in [4.69, 9.17) is 0 Å². The van der Waals surface area contributed by atoms with Crippen molar-refractivity contribution in [3.63, 3.8) is 0 Å². The van der Waals surface area contributed by atoms with Crippen LogP contribution in [0.25, 0.3) is 0 Å². The smallest absolute Gasteiger partial charge is 0.225 e. The Kier molecular flexibility index (Phi) is 7.30. The number of carbonyl (C=O) groups is 1. The summed E-state index contributed by atoms with van der Waals surface area (Å²) in [5.41, 5.74) is 3.60. The van der Waals surface area contributed by atoms with E-state index in [-0.39, 0.29) is 35.5 Å². The van der Waals surface area contributed by atoms with Crippen LogP contribution in [-0.2, 0) is 11.3 Å². The van der Waals surface area contributed by atoms with Gasteiger partial charge in [0.05, 0.1) is 0 Å². The average Bonchev–Trinajstić information content (AvgIpc) is 3.07. The second kappa shape index (κ2) is 9.74. The van der Waals surface area contributed by atoms with Gasteiger partial charge in [-0.1, -0.05) is 55.8 Å². The number of amides is 1. The van der Waals surface area contributed by atoms with Gasteiger partial charge in [-0.3, -0.25) is 9.69 Å². The highest BCUT2D eigenvalue weighted by molar-refractivity contribution is 5.78. The van der Waals surface area contributed by atoms with Crippen molar-refractivity contribution in [3.8, 4) is 0 Å². The molecule has 0 spiro atoms. The molecule has 0 saturated carbocycles. The Bertz CT molecular complexity index is 864. The monoisotopic (exact) mass is 410 g/mol. The molecule has 0 aliphatic carbocycles. The summed E-state index contributed by atoms with van der Waals surface area (Å²) in [6.07, 6.45) is 0. The highest BCUT2D eigenvalue weighted by atomic mass is 19.1. The molecule has 2 aromatic carbocycles. The third-order valence-electron chi connectivity index (χ3n) is 6.11. The zero-order valence-electron chi connectivity index (χ0n) is 18.9. The molecule has 1 fully saturated rings. The van der Waals surface area contributed by atoms with Crippen LogP contribution in [0.15, 0.2) is 48.5 Å². The fraction of sp³-hybridized carbons (Fsp3) is 0.500. The van der Waals surface area contributed by atoms with Crippen molar-refractivity contribution in [1.82, 2.24) is 9.80 Å². The normalized spacial score (nSPS) is 19.6. The molecule has 1 heterocycles. The maximum Gasteiger partial charge on any atom is 0.225 e. The summed E-state index contributed by atoms with van der Waals surface area (Å²) >= 11 is 0. The molecule has 1 saturated heterocycles. The van der Waals surface area contributed by atoms with Crippen LogP contribution in [-0.4, -0.2) is 41.4 Å². The van der Waals surface area contributed by atoms with E-state index < -0.39 is 0 Å². The van der Waals surface area contributed by atoms with Gasteiger partial charge in [-0.15, -0.1) is 0 Å². The lowest BCUT2D eigenvalue weighted by molar-refractivity contribution is -0.136. The largest absolute Gasteiger partial charge is 0.340 e. The van der Waals surface area contributed by atoms with Crippen LogP contribution in [0.3, 0.4) is 0 Å². The van der Waals surface area contributed by atoms with Crippen LogP contribution < -0.4 is 0 Å². The topological polar surface area (TPSA) is 23.6 Å². The summed E-state index contributed by atoms with van der Waals surface area (Å²) in [6.45, 7) is 13.6. The molecule has 3 nitrogen and oxygen atoms in total. The maximum absolute atomic E-state index is 14.0. The molecule has 1 aliphatic heterocycles. The lowest BCUT2D eigenvalue weighted by atomic mass is 9.88. The van der Waals surface area contributed by atoms with E-state index in [2.05, 4.69) is 49.9 Å². The third-order valence-corrected chi connectivity index (χ3v) is 6.11. The number of hydrogen-bond acceptors (Lipinski definition) is 2. The Morgan fingerprint density at radius 1 is 1.10 bits per heavy atom. The lowest BCUT2D eigenvalue weighted by Gasteiger charge is -2.33. The van der Waals surface area contributed by atoms with E-state index >= 15 is 0 Å². The first-order chi connectivity index (χ1) is 14.2. The first-order valence-electron chi connectivity index (χ1n) is 11.1. The summed E-state index contributed by atoms with van der Waals surface area (Å²) < 4.78 is 14.0. The molecule has 0 N–H and O–H groups in total. The maximum atomic E-state index is 14.0. The number of likely N-dealkylation sites (tertiary alicyclic amines) is 1. The molecule has 0 aromatic heterocycles. The van der Waals surface area contributed by atoms with Crippen LogP contribution in [0, 0.1) is 24.6 Å². The highest BCUT2D eigenvalue weighted by Crippen LogP contribution is 2.35. The number of hydrogen-bond donors (Lipinski definition) is 0. The van der Waals surface area contributed by atoms with Gasteiger partial charge < -0.3 is 4.90 Å². The van der Waals surface area contributed by atoms with Gasteiger partial charge in [-0.2, -0.15) is 0 Å². The first kappa shape index (κ1) is 22.5. The second-order valence-electron chi connectivity index (χ2n) is 9.34. The SMILES string of the molecule is Cc1cccc(CN2CC(CN(C(=O)C(C)C)C(C)C)C(c3cccc(F)c3)C2)c1. The molecular weight excluding hydrogens is 375 g/mol. The van der Waals surface area contributed by atoms with Crippen LogP contribution in [0.5, 0.6) is 0 Å². The van der Waals surface area contributed by atoms with E-state index in [1.165, 1.54) is 17.2 Å². The third kappa shape index (κ3) is 5.48. The Morgan fingerprint density at radius 3 is 2.47 bits per heavy atom. The van der Waals surface area contributed by atoms with Crippen molar-refractivity contribution in [2.24, 2.45) is 11.8 Å². The fourth-order valence-corrected chi connectivity index (χ4v) is 4.60. The first-order valence-corrected chi connectivity index (χ1v) is 11.1. The van der Waals surface area contributed by atoms with Gasteiger partial charge in [0.25, 0.3) is 0 Å². The molecular formula is C26H35FN2O. The number of aryl methyl sites for hydroxylation is 1. The summed E-state index contributed by atoms with van der Waals surface area (Å²) in [4.78, 5) is 17.3. The zero-order valence-corrected chi connectivity index (χ0v) is 18.9. The van der Waals surface area contributed by atoms with Gasteiger partial charge in [0.1, 0.15) is 5.82 Å². The molecule has 30 heavy (non-hydrogen) atoms. The molecule has 1 amide bonds. The Hall–Kier alpha value is -2.20. The Balaban J connectivity index is 1.84. The van der Waals surface area contributed by atoms with Gasteiger partial charge in [0.15, 0.2) is 0 Å². The molecule has 2 unspecified atom stereocenters. The molecule has 2 aromatic rings. The van der Waals surface area contributed by atoms with Crippen molar-refractivity contribution in [1.29, 1.82) is 0 Å². The van der Waals surface area contributed by atoms with Crippen LogP contribution in [0.1, 0.15) is 50.3 Å². The summed E-state index contributed by atoms with van der Waals surface area (Å²) in [5, 5.41) is 0. The minimum absolute atomic E-state index is 0.0233. The van der Waals surface area contributed by atoms with Crippen LogP contribution in [0.4, 0.5) is 4.39 Å². The molecule has 2 atom stereocenters. The Morgan fingerprint density at radius 2 is 1.83 bits per heavy atom. The van der Waals surface area contributed by atoms with Crippen molar-refractivity contribution in [2.45, 2.75) is 53.1 Å². The summed E-state index contributed by atoms with van der Waals surface area (Å²) in [5.74, 6) is 0.473. The average molecular weight is 411 g/mol. The molecule has 162 valence electrons. The standard InChI is InChI=1S/C26H35FN2O/c1-18(2)26(30)29(19(3)4)16-23-15-28(14-21-9-6-8-20(5)12-21)17-25(23)22-10-7-11-24(27)13-22/h6-13,18-19,23,25H,14-17H2,1-5H3. The summed E-state index contributed by atoms with van der Waals surface area (Å²) in [6, 6.07) is 15.8. The van der Waals surface area contributed by atoms with Crippen molar-refractivity contribution in [2.75, 3.05) is 19.6 Å². The molecule has 0 bridgehead atoms. The second-order valence-corrected chi connectivity index (χ2v) is 9.34. The number of halogens is 1. The van der Waals surface area contributed by atoms with Crippen LogP contribution >= 0.6 is 0 Å². The van der Waals surface area contributed by atoms with E-state index in [1.54, 1.807) is 12.1 Å². The van der Waals surface area contributed by atoms with E-state index in [0.29, 0.717) is 6.54 Å². The number of carbonyl (C=O) groups excluding carboxylic acids is 1. The quantitative estimate of drug-likeness (QED) is 0.623. The zero-order chi connectivity index (χ0) is 21.8. The van der Waals surface area contributed by atoms with Gasteiger partial charge in [0, 0.05) is 44.1 Å². The lowest BCUT2D eigenvalue weighted by Crippen LogP contribution is -2.43. The minimum Gasteiger partial charge on any atom is -0.340 e. The van der Waals surface area contributed by atoms with E-state index in [9.17, 15) is 9.18 Å². The Labute approximate surface area is 180 Å². The van der Waals surface area contributed by atoms with Crippen LogP contribution in [0.2, 0.25) is 0 Å². The van der Waals surface area contributed by atoms with Gasteiger partial charge in [-0.05, 0) is 49.9 Å². The van der Waals surface area contributed by atoms with Gasteiger partial charge in [-0.25, -0.2) is 4.39 Å². The van der Waals surface area contributed by atoms with E-state index in [0.717, 1.165) is 25.2 Å². The van der Waals surface area contributed by atoms with E-state index in [1.807, 2.05) is 24.8 Å². The van der Waals surface area contributed by atoms with Gasteiger partial charge >= 0.3 is 0 Å². The molecule has 4 heteroatoms. The predicted octanol–water partition coefficient (Wildman–Crippen LogP) is 5.24. The van der Waals surface area contributed by atoms with Crippen molar-refractivity contribution in [3.05, 3.63) is 71.0 Å². The van der Waals surface area contributed by atoms with Crippen molar-refractivity contribution < 1.29 is 9.18 Å². The van der Waals surface area contributed by atoms with Crippen molar-refractivity contribution >= 4 is 5.91 Å². The highest BCUT2D eigenvalue weighted by Gasteiger charge is 2.36. The van der Waals surface area contributed by atoms with Gasteiger partial charge in [0.2, 0.25) is 5.91 Å². The number of benzene rings is 2. The number of rotatable bonds is 7. The minimum atomic E-state index is -0.192.